The van der Waals surface area contributed by atoms with E-state index >= 15 is 0 Å². The number of hydrogen-bond acceptors (Lipinski definition) is 4. The molecule has 0 bridgehead atoms. The number of ether oxygens (including phenoxy) is 1. The Labute approximate surface area is 179 Å². The average Bonchev–Trinajstić information content (AvgIpc) is 2.62. The van der Waals surface area contributed by atoms with Gasteiger partial charge in [-0.3, -0.25) is 4.79 Å². The highest BCUT2D eigenvalue weighted by molar-refractivity contribution is 5.94. The first-order valence-corrected chi connectivity index (χ1v) is 9.84. The zero-order valence-electron chi connectivity index (χ0n) is 18.7. The second kappa shape index (κ2) is 11.1. The first-order valence-electron chi connectivity index (χ1n) is 9.84. The number of benzene rings is 1. The summed E-state index contributed by atoms with van der Waals surface area (Å²) in [4.78, 5) is 28.5. The fraction of sp³-hybridized carbons (Fsp3) is 0.500. The molecule has 2 amide bonds. The second-order valence-corrected chi connectivity index (χ2v) is 8.33. The van der Waals surface area contributed by atoms with Crippen molar-refractivity contribution in [3.63, 3.8) is 0 Å². The van der Waals surface area contributed by atoms with Gasteiger partial charge >= 0.3 is 6.09 Å². The van der Waals surface area contributed by atoms with Crippen LogP contribution in [-0.2, 0) is 9.53 Å². The Balaban J connectivity index is 2.63. The summed E-state index contributed by atoms with van der Waals surface area (Å²) < 4.78 is 5.29. The maximum absolute atomic E-state index is 12.2. The van der Waals surface area contributed by atoms with Crippen LogP contribution in [0, 0.1) is 12.3 Å². The van der Waals surface area contributed by atoms with E-state index < -0.39 is 17.2 Å². The van der Waals surface area contributed by atoms with Crippen LogP contribution in [0.2, 0.25) is 0 Å². The largest absolute Gasteiger partial charge is 0.444 e. The van der Waals surface area contributed by atoms with Crippen LogP contribution in [0.1, 0.15) is 47.1 Å². The highest BCUT2D eigenvalue weighted by atomic mass is 16.6. The number of guanidine groups is 1. The monoisotopic (exact) mass is 415 g/mol. The highest BCUT2D eigenvalue weighted by Crippen LogP contribution is 2.10. The van der Waals surface area contributed by atoms with Gasteiger partial charge < -0.3 is 26.0 Å². The quantitative estimate of drug-likeness (QED) is 0.311. The minimum absolute atomic E-state index is 0.0739. The molecule has 0 aliphatic rings. The molecule has 1 rings (SSSR count). The topological polar surface area (TPSA) is 104 Å². The van der Waals surface area contributed by atoms with Crippen LogP contribution >= 0.6 is 0 Å². The minimum atomic E-state index is -0.601. The Morgan fingerprint density at radius 3 is 2.47 bits per heavy atom. The summed E-state index contributed by atoms with van der Waals surface area (Å²) in [5, 5.41) is 11.8. The lowest BCUT2D eigenvalue weighted by molar-refractivity contribution is -0.114. The molecule has 0 saturated heterocycles. The van der Waals surface area contributed by atoms with E-state index in [4.69, 9.17) is 11.2 Å². The van der Waals surface area contributed by atoms with Crippen molar-refractivity contribution in [2.45, 2.75) is 52.7 Å². The average molecular weight is 416 g/mol. The fourth-order valence-corrected chi connectivity index (χ4v) is 2.31. The molecule has 8 heteroatoms. The summed E-state index contributed by atoms with van der Waals surface area (Å²) in [7, 11) is 0. The van der Waals surface area contributed by atoms with Crippen molar-refractivity contribution < 1.29 is 14.3 Å². The van der Waals surface area contributed by atoms with Crippen LogP contribution in [0.4, 0.5) is 10.5 Å². The fourth-order valence-electron chi connectivity index (χ4n) is 2.31. The minimum Gasteiger partial charge on any atom is -0.444 e. The standard InChI is InChI=1S/C22H33N5O3/c1-8-16-11-10-12-17(13-16)26-18(28)14-24-19(23-9-2)25-15-22(6,7)27-20(29)30-21(3,4)5/h1,10-13H,9,14-15H2,2-7H3,(H,26,28)(H,27,29)(H2,23,24,25). The summed E-state index contributed by atoms with van der Waals surface area (Å²) in [5.74, 6) is 2.72. The Morgan fingerprint density at radius 2 is 1.87 bits per heavy atom. The summed E-state index contributed by atoms with van der Waals surface area (Å²) in [6, 6.07) is 7.04. The molecule has 0 aliphatic heterocycles. The molecule has 0 atom stereocenters. The van der Waals surface area contributed by atoms with Gasteiger partial charge in [-0.1, -0.05) is 12.0 Å². The van der Waals surface area contributed by atoms with E-state index in [0.717, 1.165) is 0 Å². The summed E-state index contributed by atoms with van der Waals surface area (Å²) in [6.07, 6.45) is 4.88. The van der Waals surface area contributed by atoms with E-state index in [9.17, 15) is 9.59 Å². The molecule has 0 saturated carbocycles. The van der Waals surface area contributed by atoms with Gasteiger partial charge in [0, 0.05) is 24.3 Å². The molecule has 0 aromatic heterocycles. The van der Waals surface area contributed by atoms with Crippen LogP contribution in [0.25, 0.3) is 0 Å². The molecule has 0 radical (unpaired) electrons. The van der Waals surface area contributed by atoms with Crippen LogP contribution in [0.15, 0.2) is 29.3 Å². The number of carbonyl (C=O) groups is 2. The predicted octanol–water partition coefficient (Wildman–Crippen LogP) is 2.46. The molecule has 1 aromatic carbocycles. The second-order valence-electron chi connectivity index (χ2n) is 8.33. The summed E-state index contributed by atoms with van der Waals surface area (Å²) in [5.41, 5.74) is 0.130. The lowest BCUT2D eigenvalue weighted by Gasteiger charge is -2.29. The lowest BCUT2D eigenvalue weighted by Crippen LogP contribution is -2.54. The molecule has 0 aliphatic carbocycles. The molecule has 4 N–H and O–H groups in total. The third-order valence-electron chi connectivity index (χ3n) is 3.58. The van der Waals surface area contributed by atoms with E-state index in [1.807, 2.05) is 41.5 Å². The van der Waals surface area contributed by atoms with E-state index in [2.05, 4.69) is 32.2 Å². The zero-order valence-corrected chi connectivity index (χ0v) is 18.7. The lowest BCUT2D eigenvalue weighted by atomic mass is 10.1. The van der Waals surface area contributed by atoms with Crippen molar-refractivity contribution in [3.05, 3.63) is 29.8 Å². The van der Waals surface area contributed by atoms with Crippen molar-refractivity contribution in [2.24, 2.45) is 4.99 Å². The van der Waals surface area contributed by atoms with Gasteiger partial charge in [-0.25, -0.2) is 9.79 Å². The van der Waals surface area contributed by atoms with Crippen molar-refractivity contribution in [2.75, 3.05) is 25.0 Å². The number of carbonyl (C=O) groups excluding carboxylic acids is 2. The van der Waals surface area contributed by atoms with E-state index in [0.29, 0.717) is 30.3 Å². The Kier molecular flexibility index (Phi) is 9.18. The van der Waals surface area contributed by atoms with Gasteiger partial charge in [-0.2, -0.15) is 0 Å². The molecule has 1 aromatic rings. The molecule has 0 spiro atoms. The van der Waals surface area contributed by atoms with Crippen molar-refractivity contribution >= 4 is 23.6 Å². The van der Waals surface area contributed by atoms with Crippen molar-refractivity contribution in [1.82, 2.24) is 16.0 Å². The van der Waals surface area contributed by atoms with Gasteiger partial charge in [0.05, 0.1) is 5.54 Å². The van der Waals surface area contributed by atoms with E-state index in [-0.39, 0.29) is 12.5 Å². The smallest absolute Gasteiger partial charge is 0.408 e. The molecular weight excluding hydrogens is 382 g/mol. The van der Waals surface area contributed by atoms with Crippen molar-refractivity contribution in [1.29, 1.82) is 0 Å². The van der Waals surface area contributed by atoms with Gasteiger partial charge in [0.1, 0.15) is 12.1 Å². The third kappa shape index (κ3) is 10.4. The van der Waals surface area contributed by atoms with Gasteiger partial charge in [-0.05, 0) is 59.7 Å². The number of amides is 2. The molecule has 164 valence electrons. The predicted molar refractivity (Wildman–Crippen MR) is 120 cm³/mol. The maximum Gasteiger partial charge on any atom is 0.408 e. The maximum atomic E-state index is 12.2. The number of nitrogens with zero attached hydrogens (tertiary/aromatic N) is 1. The Bertz CT molecular complexity index is 804. The van der Waals surface area contributed by atoms with Gasteiger partial charge in [-0.15, -0.1) is 6.42 Å². The van der Waals surface area contributed by atoms with Gasteiger partial charge in [0.25, 0.3) is 0 Å². The number of hydrogen-bond donors (Lipinski definition) is 4. The summed E-state index contributed by atoms with van der Waals surface area (Å²) in [6.45, 7) is 12.0. The number of alkyl carbamates (subject to hydrolysis) is 1. The van der Waals surface area contributed by atoms with E-state index in [1.165, 1.54) is 0 Å². The Morgan fingerprint density at radius 1 is 1.17 bits per heavy atom. The SMILES string of the molecule is C#Cc1cccc(NC(=O)CN=C(NCC)NCC(C)(C)NC(=O)OC(C)(C)C)c1. The number of aliphatic imine (C=N–C) groups is 1. The first-order chi connectivity index (χ1) is 13.9. The zero-order chi connectivity index (χ0) is 22.8. The number of rotatable bonds is 7. The van der Waals surface area contributed by atoms with Crippen molar-refractivity contribution in [3.8, 4) is 12.3 Å². The molecule has 8 nitrogen and oxygen atoms in total. The molecular formula is C22H33N5O3. The number of terminal acetylenes is 1. The molecule has 0 fully saturated rings. The number of anilines is 1. The van der Waals surface area contributed by atoms with Crippen LogP contribution in [0.3, 0.4) is 0 Å². The van der Waals surface area contributed by atoms with Crippen LogP contribution < -0.4 is 21.3 Å². The third-order valence-corrected chi connectivity index (χ3v) is 3.58. The van der Waals surface area contributed by atoms with Gasteiger partial charge in [0.2, 0.25) is 5.91 Å². The van der Waals surface area contributed by atoms with E-state index in [1.54, 1.807) is 24.3 Å². The Hall–Kier alpha value is -3.21. The highest BCUT2D eigenvalue weighted by Gasteiger charge is 2.24. The number of nitrogens with one attached hydrogen (secondary N) is 4. The van der Waals surface area contributed by atoms with Gasteiger partial charge in [0.15, 0.2) is 5.96 Å². The molecule has 0 heterocycles. The van der Waals surface area contributed by atoms with Crippen LogP contribution in [0.5, 0.6) is 0 Å². The summed E-state index contributed by atoms with van der Waals surface area (Å²) >= 11 is 0. The van der Waals surface area contributed by atoms with Crippen LogP contribution in [-0.4, -0.2) is 48.7 Å². The normalized spacial score (nSPS) is 11.8. The first kappa shape index (κ1) is 24.8. The molecule has 30 heavy (non-hydrogen) atoms. The molecule has 0 unspecified atom stereocenters.